The van der Waals surface area contributed by atoms with Gasteiger partial charge in [0.15, 0.2) is 10.9 Å². The van der Waals surface area contributed by atoms with E-state index in [-0.39, 0.29) is 49.6 Å². The van der Waals surface area contributed by atoms with Gasteiger partial charge in [0, 0.05) is 54.7 Å². The summed E-state index contributed by atoms with van der Waals surface area (Å²) in [7, 11) is 2.14. The fourth-order valence-electron chi connectivity index (χ4n) is 8.27. The SMILES string of the molecule is CN1C2CCC1CN(c1nc(OC[C@@]34CCCN3C[C@H](F)C4)nc3c(F)c(-c4ccc(F)c5sc(NC(=O)OC(C)(C)C)nc45)c(Cl)cc13)C2. The van der Waals surface area contributed by atoms with Crippen molar-refractivity contribution >= 4 is 61.1 Å². The zero-order valence-electron chi connectivity index (χ0n) is 28.4. The molecule has 6 heterocycles. The monoisotopic (exact) mass is 729 g/mol. The van der Waals surface area contributed by atoms with Crippen LogP contribution in [-0.4, -0.2) is 100 Å². The van der Waals surface area contributed by atoms with E-state index in [0.717, 1.165) is 43.6 Å². The number of likely N-dealkylation sites (N-methyl/N-ethyl adjacent to an activating group) is 1. The smallest absolute Gasteiger partial charge is 0.413 e. The van der Waals surface area contributed by atoms with Crippen molar-refractivity contribution in [2.75, 3.05) is 50.1 Å². The van der Waals surface area contributed by atoms with Gasteiger partial charge in [0.2, 0.25) is 0 Å². The van der Waals surface area contributed by atoms with Gasteiger partial charge in [-0.25, -0.2) is 22.9 Å². The Labute approximate surface area is 296 Å². The maximum absolute atomic E-state index is 17.1. The second kappa shape index (κ2) is 12.3. The summed E-state index contributed by atoms with van der Waals surface area (Å²) in [5.41, 5.74) is -0.835. The van der Waals surface area contributed by atoms with Crippen LogP contribution in [0.15, 0.2) is 18.2 Å². The van der Waals surface area contributed by atoms with Crippen LogP contribution in [0, 0.1) is 11.6 Å². The Hall–Kier alpha value is -3.46. The molecule has 4 aromatic rings. The first-order valence-electron chi connectivity index (χ1n) is 17.1. The lowest BCUT2D eigenvalue weighted by molar-refractivity contribution is 0.0636. The Morgan fingerprint density at radius 2 is 1.88 bits per heavy atom. The highest BCUT2D eigenvalue weighted by Crippen LogP contribution is 2.45. The molecule has 2 bridgehead atoms. The molecule has 4 fully saturated rings. The van der Waals surface area contributed by atoms with Crippen molar-refractivity contribution in [3.05, 3.63) is 34.9 Å². The van der Waals surface area contributed by atoms with Crippen molar-refractivity contribution in [1.82, 2.24) is 24.8 Å². The van der Waals surface area contributed by atoms with Crippen molar-refractivity contribution in [1.29, 1.82) is 0 Å². The van der Waals surface area contributed by atoms with Gasteiger partial charge in [0.1, 0.15) is 35.5 Å². The number of hydrogen-bond acceptors (Lipinski definition) is 10. The first kappa shape index (κ1) is 33.7. The Morgan fingerprint density at radius 3 is 2.62 bits per heavy atom. The molecule has 2 unspecified atom stereocenters. The highest BCUT2D eigenvalue weighted by Gasteiger charge is 2.49. The van der Waals surface area contributed by atoms with Crippen LogP contribution in [0.5, 0.6) is 6.01 Å². The highest BCUT2D eigenvalue weighted by molar-refractivity contribution is 7.22. The number of rotatable bonds is 6. The number of fused-ring (bicyclic) bond motifs is 5. The normalized spacial score (nSPS) is 25.5. The van der Waals surface area contributed by atoms with Crippen molar-refractivity contribution in [3.8, 4) is 17.1 Å². The lowest BCUT2D eigenvalue weighted by Gasteiger charge is -2.40. The highest BCUT2D eigenvalue weighted by atomic mass is 35.5. The summed E-state index contributed by atoms with van der Waals surface area (Å²) in [6.45, 7) is 7.96. The molecule has 0 radical (unpaired) electrons. The van der Waals surface area contributed by atoms with E-state index in [9.17, 15) is 9.18 Å². The summed E-state index contributed by atoms with van der Waals surface area (Å²) in [5, 5.41) is 3.15. The molecule has 8 rings (SSSR count). The average molecular weight is 730 g/mol. The summed E-state index contributed by atoms with van der Waals surface area (Å²) in [4.78, 5) is 33.1. The van der Waals surface area contributed by atoms with E-state index in [1.165, 1.54) is 12.1 Å². The average Bonchev–Trinajstić information content (AvgIpc) is 3.75. The van der Waals surface area contributed by atoms with Gasteiger partial charge in [-0.3, -0.25) is 15.1 Å². The minimum Gasteiger partial charge on any atom is -0.461 e. The topological polar surface area (TPSA) is 96.0 Å². The van der Waals surface area contributed by atoms with E-state index in [4.69, 9.17) is 26.1 Å². The number of ether oxygens (including phenoxy) is 2. The lowest BCUT2D eigenvalue weighted by atomic mass is 9.95. The number of nitrogens with one attached hydrogen (secondary N) is 1. The molecule has 4 saturated heterocycles. The molecule has 50 heavy (non-hydrogen) atoms. The quantitative estimate of drug-likeness (QED) is 0.218. The maximum atomic E-state index is 17.1. The largest absolute Gasteiger partial charge is 0.461 e. The van der Waals surface area contributed by atoms with Crippen LogP contribution in [0.3, 0.4) is 0 Å². The van der Waals surface area contributed by atoms with Gasteiger partial charge in [-0.1, -0.05) is 22.9 Å². The van der Waals surface area contributed by atoms with Gasteiger partial charge in [-0.15, -0.1) is 0 Å². The number of thiazole rings is 1. The van der Waals surface area contributed by atoms with Crippen LogP contribution in [0.1, 0.15) is 52.9 Å². The van der Waals surface area contributed by atoms with Crippen LogP contribution in [0.25, 0.3) is 32.2 Å². The molecule has 10 nitrogen and oxygen atoms in total. The molecule has 4 aliphatic rings. The van der Waals surface area contributed by atoms with Crippen LogP contribution in [-0.2, 0) is 4.74 Å². The zero-order chi connectivity index (χ0) is 35.1. The van der Waals surface area contributed by atoms with Gasteiger partial charge in [0.05, 0.1) is 20.8 Å². The Bertz CT molecular complexity index is 2000. The van der Waals surface area contributed by atoms with E-state index in [1.54, 1.807) is 26.8 Å². The summed E-state index contributed by atoms with van der Waals surface area (Å²) >= 11 is 7.82. The maximum Gasteiger partial charge on any atom is 0.413 e. The van der Waals surface area contributed by atoms with E-state index < -0.39 is 35.0 Å². The number of halogens is 4. The van der Waals surface area contributed by atoms with Gasteiger partial charge in [0.25, 0.3) is 0 Å². The first-order chi connectivity index (χ1) is 23.8. The molecule has 0 aliphatic carbocycles. The van der Waals surface area contributed by atoms with E-state index >= 15 is 8.78 Å². The standard InChI is InChI=1S/C35H39ClF3N7O3S/c1-34(2,3)49-33(47)43-32-41-28-21(8-9-24(38)29(28)50-32)25-23(36)12-22-27(26(25)39)40-31(48-17-35-10-5-11-46(35)14-18(37)13-35)42-30(22)45-15-19-6-7-20(16-45)44(19)4/h8-9,12,18-20H,5-7,10-11,13-17H2,1-4H3,(H,41,43,47)/t18-,19?,20?,35+/m1/s1. The van der Waals surface area contributed by atoms with Gasteiger partial charge < -0.3 is 14.4 Å². The van der Waals surface area contributed by atoms with Crippen LogP contribution < -0.4 is 15.0 Å². The van der Waals surface area contributed by atoms with Crippen molar-refractivity contribution in [2.24, 2.45) is 0 Å². The number of amides is 1. The minimum atomic E-state index is -0.923. The molecular weight excluding hydrogens is 691 g/mol. The fourth-order valence-corrected chi connectivity index (χ4v) is 9.44. The molecule has 0 saturated carbocycles. The van der Waals surface area contributed by atoms with Crippen molar-refractivity contribution in [2.45, 2.75) is 82.3 Å². The Morgan fingerprint density at radius 1 is 1.12 bits per heavy atom. The van der Waals surface area contributed by atoms with Crippen LogP contribution in [0.4, 0.5) is 28.9 Å². The first-order valence-corrected chi connectivity index (χ1v) is 18.3. The molecule has 266 valence electrons. The van der Waals surface area contributed by atoms with Crippen LogP contribution in [0.2, 0.25) is 5.02 Å². The number of piperazine rings is 1. The Kier molecular flexibility index (Phi) is 8.31. The predicted molar refractivity (Wildman–Crippen MR) is 188 cm³/mol. The third-order valence-corrected chi connectivity index (χ3v) is 11.9. The fraction of sp³-hybridized carbons (Fsp3) is 0.543. The second-order valence-corrected chi connectivity index (χ2v) is 16.4. The Balaban J connectivity index is 1.22. The summed E-state index contributed by atoms with van der Waals surface area (Å²) in [6.07, 6.45) is 2.59. The summed E-state index contributed by atoms with van der Waals surface area (Å²) < 4.78 is 58.5. The van der Waals surface area contributed by atoms with Gasteiger partial charge in [-0.2, -0.15) is 9.97 Å². The van der Waals surface area contributed by atoms with Gasteiger partial charge in [-0.05, 0) is 78.2 Å². The lowest BCUT2D eigenvalue weighted by Crippen LogP contribution is -2.52. The number of carbonyl (C=O) groups excluding carboxylic acids is 1. The third-order valence-electron chi connectivity index (χ3n) is 10.6. The molecule has 2 aromatic heterocycles. The number of nitrogens with zero attached hydrogens (tertiary/aromatic N) is 6. The third kappa shape index (κ3) is 5.91. The van der Waals surface area contributed by atoms with E-state index in [0.29, 0.717) is 49.3 Å². The summed E-state index contributed by atoms with van der Waals surface area (Å²) in [6, 6.07) is 4.96. The zero-order valence-corrected chi connectivity index (χ0v) is 29.9. The number of carbonyl (C=O) groups is 1. The number of hydrogen-bond donors (Lipinski definition) is 1. The second-order valence-electron chi connectivity index (χ2n) is 15.0. The molecule has 4 aliphatic heterocycles. The minimum absolute atomic E-state index is 0.00560. The van der Waals surface area contributed by atoms with Crippen LogP contribution >= 0.6 is 22.9 Å². The van der Waals surface area contributed by atoms with Gasteiger partial charge >= 0.3 is 12.1 Å². The predicted octanol–water partition coefficient (Wildman–Crippen LogP) is 7.42. The number of aromatic nitrogens is 3. The van der Waals surface area contributed by atoms with E-state index in [1.807, 2.05) is 0 Å². The number of benzene rings is 2. The molecule has 0 spiro atoms. The molecular formula is C35H39ClF3N7O3S. The molecule has 2 aromatic carbocycles. The molecule has 1 amide bonds. The van der Waals surface area contributed by atoms with E-state index in [2.05, 4.69) is 37.0 Å². The molecule has 1 N–H and O–H groups in total. The molecule has 4 atom stereocenters. The number of alkyl halides is 1. The summed E-state index contributed by atoms with van der Waals surface area (Å²) in [5.74, 6) is -0.783. The molecule has 15 heteroatoms. The van der Waals surface area contributed by atoms with Crippen molar-refractivity contribution < 1.29 is 27.4 Å². The number of anilines is 2. The van der Waals surface area contributed by atoms with Crippen molar-refractivity contribution in [3.63, 3.8) is 0 Å².